The first-order valence-electron chi connectivity index (χ1n) is 11.9. The minimum Gasteiger partial charge on any atom is -0.450 e. The Bertz CT molecular complexity index is 620. The molecule has 6 heteroatoms. The Labute approximate surface area is 180 Å². The zero-order valence-electron chi connectivity index (χ0n) is 17.9. The van der Waals surface area contributed by atoms with Crippen molar-refractivity contribution in [3.63, 3.8) is 0 Å². The summed E-state index contributed by atoms with van der Waals surface area (Å²) in [5.41, 5.74) is 0.390. The summed E-state index contributed by atoms with van der Waals surface area (Å²) in [6, 6.07) is 2.37. The second-order valence-electron chi connectivity index (χ2n) is 9.93. The molecule has 162 valence electrons. The summed E-state index contributed by atoms with van der Waals surface area (Å²) in [4.78, 5) is 19.6. The fourth-order valence-corrected chi connectivity index (χ4v) is 7.86. The molecule has 0 N–H and O–H groups in total. The number of likely N-dealkylation sites (tertiary alicyclic amines) is 3. The molecular formula is C23H37N3O2S. The Morgan fingerprint density at radius 1 is 1.14 bits per heavy atom. The van der Waals surface area contributed by atoms with Crippen LogP contribution in [-0.4, -0.2) is 83.5 Å². The predicted molar refractivity (Wildman–Crippen MR) is 118 cm³/mol. The highest BCUT2D eigenvalue weighted by Crippen LogP contribution is 2.50. The molecule has 29 heavy (non-hydrogen) atoms. The monoisotopic (exact) mass is 419 g/mol. The minimum atomic E-state index is -0.107. The highest BCUT2D eigenvalue weighted by Gasteiger charge is 2.51. The van der Waals surface area contributed by atoms with Gasteiger partial charge in [0, 0.05) is 36.5 Å². The van der Waals surface area contributed by atoms with Crippen LogP contribution in [0.3, 0.4) is 0 Å². The van der Waals surface area contributed by atoms with Crippen LogP contribution in [0.25, 0.3) is 0 Å². The van der Waals surface area contributed by atoms with Crippen molar-refractivity contribution in [2.75, 3.05) is 39.3 Å². The quantitative estimate of drug-likeness (QED) is 0.690. The average Bonchev–Trinajstić information content (AvgIpc) is 3.47. The van der Waals surface area contributed by atoms with Crippen LogP contribution < -0.4 is 0 Å². The number of hydrogen-bond acceptors (Lipinski definition) is 5. The zero-order chi connectivity index (χ0) is 19.8. The molecule has 1 saturated carbocycles. The summed E-state index contributed by atoms with van der Waals surface area (Å²) in [5.74, 6) is 0. The first-order valence-corrected chi connectivity index (χ1v) is 12.8. The molecule has 0 aromatic carbocycles. The van der Waals surface area contributed by atoms with E-state index in [0.717, 1.165) is 36.5 Å². The molecule has 4 heterocycles. The average molecular weight is 420 g/mol. The number of carbonyl (C=O) groups is 1. The maximum atomic E-state index is 12.0. The van der Waals surface area contributed by atoms with E-state index in [1.807, 2.05) is 11.8 Å². The smallest absolute Gasteiger partial charge is 0.409 e. The molecule has 0 bridgehead atoms. The number of amides is 1. The Balaban J connectivity index is 1.08. The van der Waals surface area contributed by atoms with Gasteiger partial charge < -0.3 is 14.5 Å². The lowest BCUT2D eigenvalue weighted by Gasteiger charge is -2.52. The third kappa shape index (κ3) is 3.97. The van der Waals surface area contributed by atoms with Crippen LogP contribution in [0.2, 0.25) is 0 Å². The van der Waals surface area contributed by atoms with Gasteiger partial charge in [-0.2, -0.15) is 0 Å². The van der Waals surface area contributed by atoms with E-state index in [0.29, 0.717) is 12.0 Å². The van der Waals surface area contributed by atoms with E-state index in [2.05, 4.69) is 33.0 Å². The molecule has 0 aromatic heterocycles. The maximum Gasteiger partial charge on any atom is 0.409 e. The van der Waals surface area contributed by atoms with E-state index in [1.165, 1.54) is 71.0 Å². The largest absolute Gasteiger partial charge is 0.450 e. The molecule has 4 fully saturated rings. The summed E-state index contributed by atoms with van der Waals surface area (Å²) in [5, 5.41) is 3.13. The van der Waals surface area contributed by atoms with Gasteiger partial charge in [0.1, 0.15) is 0 Å². The molecule has 3 saturated heterocycles. The first kappa shape index (κ1) is 20.2. The van der Waals surface area contributed by atoms with Crippen molar-refractivity contribution < 1.29 is 9.53 Å². The van der Waals surface area contributed by atoms with Gasteiger partial charge in [-0.15, -0.1) is 11.8 Å². The number of rotatable bonds is 4. The van der Waals surface area contributed by atoms with Crippen LogP contribution >= 0.6 is 11.8 Å². The number of nitrogens with zero attached hydrogens (tertiary/aromatic N) is 3. The molecular weight excluding hydrogens is 382 g/mol. The highest BCUT2D eigenvalue weighted by atomic mass is 32.2. The van der Waals surface area contributed by atoms with Gasteiger partial charge in [-0.3, -0.25) is 4.90 Å². The molecule has 1 unspecified atom stereocenters. The Morgan fingerprint density at radius 3 is 2.69 bits per heavy atom. The van der Waals surface area contributed by atoms with Crippen LogP contribution in [-0.2, 0) is 4.74 Å². The van der Waals surface area contributed by atoms with Crippen molar-refractivity contribution in [3.8, 4) is 0 Å². The molecule has 5 nitrogen and oxygen atoms in total. The molecule has 1 aliphatic carbocycles. The van der Waals surface area contributed by atoms with Gasteiger partial charge in [0.15, 0.2) is 0 Å². The summed E-state index contributed by atoms with van der Waals surface area (Å²) in [7, 11) is 0. The molecule has 0 aromatic rings. The van der Waals surface area contributed by atoms with E-state index < -0.39 is 0 Å². The second kappa shape index (κ2) is 8.43. The SMILES string of the molecule is CCOC(=O)N1CCC2(CC(N3CCC(N4CCC[C@@H]4C4CC=CS4)CC3)C2)C1. The topological polar surface area (TPSA) is 36.0 Å². The number of ether oxygens (including phenoxy) is 1. The van der Waals surface area contributed by atoms with Crippen LogP contribution in [0, 0.1) is 5.41 Å². The standard InChI is InChI=1S/C23H37N3O2S/c1-2-28-22(27)25-13-9-23(17-25)15-19(16-23)24-11-7-18(8-12-24)26-10-3-5-20(26)21-6-4-14-29-21/h4,14,18-21H,2-3,5-13,15-17H2,1H3/t19?,20-,21?,23?/m1/s1. The highest BCUT2D eigenvalue weighted by molar-refractivity contribution is 8.03. The van der Waals surface area contributed by atoms with Crippen molar-refractivity contribution in [2.24, 2.45) is 5.41 Å². The third-order valence-electron chi connectivity index (χ3n) is 8.28. The lowest BCUT2D eigenvalue weighted by atomic mass is 9.64. The number of allylic oxidation sites excluding steroid dienone is 1. The van der Waals surface area contributed by atoms with E-state index in [4.69, 9.17) is 4.74 Å². The Kier molecular flexibility index (Phi) is 5.87. The summed E-state index contributed by atoms with van der Waals surface area (Å²) in [6.07, 6.45) is 12.8. The molecule has 1 amide bonds. The Morgan fingerprint density at radius 2 is 1.97 bits per heavy atom. The second-order valence-corrected chi connectivity index (χ2v) is 11.1. The summed E-state index contributed by atoms with van der Waals surface area (Å²) < 4.78 is 5.20. The normalized spacial score (nSPS) is 38.8. The maximum absolute atomic E-state index is 12.0. The number of carbonyl (C=O) groups excluding carboxylic acids is 1. The molecule has 5 aliphatic rings. The van der Waals surface area contributed by atoms with E-state index >= 15 is 0 Å². The van der Waals surface area contributed by atoms with Crippen molar-refractivity contribution in [2.45, 2.75) is 81.7 Å². The molecule has 1 spiro atoms. The Hall–Kier alpha value is -0.720. The van der Waals surface area contributed by atoms with Gasteiger partial charge in [0.2, 0.25) is 0 Å². The van der Waals surface area contributed by atoms with Crippen molar-refractivity contribution in [1.82, 2.24) is 14.7 Å². The summed E-state index contributed by atoms with van der Waals surface area (Å²) >= 11 is 2.07. The van der Waals surface area contributed by atoms with Crippen LogP contribution in [0.4, 0.5) is 4.79 Å². The lowest BCUT2D eigenvalue weighted by molar-refractivity contribution is -0.0172. The first-order chi connectivity index (χ1) is 14.2. The molecule has 4 aliphatic heterocycles. The third-order valence-corrected chi connectivity index (χ3v) is 9.48. The molecule has 2 atom stereocenters. The van der Waals surface area contributed by atoms with Gasteiger partial charge in [-0.05, 0) is 88.7 Å². The van der Waals surface area contributed by atoms with Gasteiger partial charge in [0.05, 0.1) is 6.61 Å². The van der Waals surface area contributed by atoms with Crippen molar-refractivity contribution in [1.29, 1.82) is 0 Å². The van der Waals surface area contributed by atoms with Crippen molar-refractivity contribution >= 4 is 17.9 Å². The minimum absolute atomic E-state index is 0.107. The van der Waals surface area contributed by atoms with Gasteiger partial charge in [0.25, 0.3) is 0 Å². The molecule has 5 rings (SSSR count). The fraction of sp³-hybridized carbons (Fsp3) is 0.870. The lowest BCUT2D eigenvalue weighted by Crippen LogP contribution is -2.56. The van der Waals surface area contributed by atoms with Gasteiger partial charge in [-0.1, -0.05) is 6.08 Å². The summed E-state index contributed by atoms with van der Waals surface area (Å²) in [6.45, 7) is 8.04. The number of thioether (sulfide) groups is 1. The van der Waals surface area contributed by atoms with Gasteiger partial charge >= 0.3 is 6.09 Å². The predicted octanol–water partition coefficient (Wildman–Crippen LogP) is 3.95. The van der Waals surface area contributed by atoms with E-state index in [1.54, 1.807) is 0 Å². The van der Waals surface area contributed by atoms with E-state index in [9.17, 15) is 4.79 Å². The number of piperidine rings is 1. The van der Waals surface area contributed by atoms with Crippen LogP contribution in [0.5, 0.6) is 0 Å². The fourth-order valence-electron chi connectivity index (χ4n) is 6.74. The van der Waals surface area contributed by atoms with Crippen molar-refractivity contribution in [3.05, 3.63) is 11.5 Å². The number of hydrogen-bond donors (Lipinski definition) is 0. The molecule has 0 radical (unpaired) electrons. The van der Waals surface area contributed by atoms with Crippen LogP contribution in [0.1, 0.15) is 58.3 Å². The van der Waals surface area contributed by atoms with Crippen LogP contribution in [0.15, 0.2) is 11.5 Å². The zero-order valence-corrected chi connectivity index (χ0v) is 18.7. The van der Waals surface area contributed by atoms with Gasteiger partial charge in [-0.25, -0.2) is 4.79 Å². The van der Waals surface area contributed by atoms with E-state index in [-0.39, 0.29) is 6.09 Å².